The number of nitrogens with zero attached hydrogens (tertiary/aromatic N) is 3. The molecule has 0 bridgehead atoms. The van der Waals surface area contributed by atoms with Gasteiger partial charge < -0.3 is 10.6 Å². The topological polar surface area (TPSA) is 45.4 Å². The van der Waals surface area contributed by atoms with Gasteiger partial charge in [0.25, 0.3) is 0 Å². The molecular weight excluding hydrogens is 248 g/mol. The van der Waals surface area contributed by atoms with Gasteiger partial charge in [-0.15, -0.1) is 0 Å². The van der Waals surface area contributed by atoms with Crippen molar-refractivity contribution in [3.8, 4) is 0 Å². The van der Waals surface area contributed by atoms with Crippen molar-refractivity contribution in [2.45, 2.75) is 40.3 Å². The maximum Gasteiger partial charge on any atom is 0.0542 e. The van der Waals surface area contributed by atoms with E-state index in [0.717, 1.165) is 38.4 Å². The fraction of sp³-hybridized carbons (Fsp3) is 0.688. The van der Waals surface area contributed by atoms with E-state index in [1.807, 2.05) is 6.20 Å². The van der Waals surface area contributed by atoms with Crippen LogP contribution >= 0.6 is 0 Å². The molecule has 0 unspecified atom stereocenters. The highest BCUT2D eigenvalue weighted by atomic mass is 15.1. The second-order valence-electron chi connectivity index (χ2n) is 5.11. The number of rotatable bonds is 10. The van der Waals surface area contributed by atoms with Crippen molar-refractivity contribution in [3.63, 3.8) is 0 Å². The zero-order valence-corrected chi connectivity index (χ0v) is 13.3. The molecular formula is C16H30N4. The van der Waals surface area contributed by atoms with Gasteiger partial charge in [0.2, 0.25) is 0 Å². The fourth-order valence-corrected chi connectivity index (χ4v) is 2.40. The largest absolute Gasteiger partial charge is 0.325 e. The van der Waals surface area contributed by atoms with Gasteiger partial charge in [-0.05, 0) is 56.8 Å². The molecule has 2 N–H and O–H groups in total. The van der Waals surface area contributed by atoms with E-state index >= 15 is 0 Å². The third-order valence-electron chi connectivity index (χ3n) is 3.79. The first-order valence-corrected chi connectivity index (χ1v) is 7.82. The average Bonchev–Trinajstić information content (AvgIpc) is 2.50. The van der Waals surface area contributed by atoms with Crippen LogP contribution < -0.4 is 5.73 Å². The Balaban J connectivity index is 2.42. The zero-order valence-electron chi connectivity index (χ0n) is 13.3. The third kappa shape index (κ3) is 5.99. The Hall–Kier alpha value is -0.970. The molecule has 0 amide bonds. The van der Waals surface area contributed by atoms with Crippen molar-refractivity contribution in [2.24, 2.45) is 5.73 Å². The summed E-state index contributed by atoms with van der Waals surface area (Å²) in [5.74, 6) is 0. The molecule has 1 aromatic rings. The second kappa shape index (κ2) is 9.86. The van der Waals surface area contributed by atoms with Crippen LogP contribution in [0.3, 0.4) is 0 Å². The number of aromatic nitrogens is 1. The zero-order chi connectivity index (χ0) is 14.8. The summed E-state index contributed by atoms with van der Waals surface area (Å²) in [6, 6.07) is 4.21. The van der Waals surface area contributed by atoms with Crippen molar-refractivity contribution >= 4 is 0 Å². The molecule has 0 saturated carbocycles. The summed E-state index contributed by atoms with van der Waals surface area (Å²) in [7, 11) is 0. The van der Waals surface area contributed by atoms with Gasteiger partial charge in [0.15, 0.2) is 0 Å². The molecule has 1 aromatic heterocycles. The minimum Gasteiger partial charge on any atom is -0.325 e. The van der Waals surface area contributed by atoms with Crippen LogP contribution in [0.25, 0.3) is 0 Å². The van der Waals surface area contributed by atoms with Crippen LogP contribution in [0.15, 0.2) is 18.3 Å². The summed E-state index contributed by atoms with van der Waals surface area (Å²) in [6.45, 7) is 13.9. The van der Waals surface area contributed by atoms with E-state index < -0.39 is 0 Å². The lowest BCUT2D eigenvalue weighted by molar-refractivity contribution is 0.238. The lowest BCUT2D eigenvalue weighted by Crippen LogP contribution is -2.29. The molecule has 0 aliphatic rings. The van der Waals surface area contributed by atoms with E-state index in [9.17, 15) is 0 Å². The van der Waals surface area contributed by atoms with Gasteiger partial charge >= 0.3 is 0 Å². The van der Waals surface area contributed by atoms with Crippen LogP contribution in [0.4, 0.5) is 0 Å². The number of pyridine rings is 1. The van der Waals surface area contributed by atoms with Gasteiger partial charge in [-0.25, -0.2) is 0 Å². The summed E-state index contributed by atoms with van der Waals surface area (Å²) < 4.78 is 0. The standard InChI is InChI=1S/C16H30N4/c1-4-19(5-2)10-7-11-20(6-3)14-15-8-9-18-16(12-15)13-17/h8-9,12H,4-7,10-11,13-14,17H2,1-3H3. The van der Waals surface area contributed by atoms with Gasteiger partial charge in [-0.2, -0.15) is 0 Å². The molecule has 1 heterocycles. The van der Waals surface area contributed by atoms with E-state index in [0.29, 0.717) is 6.54 Å². The Kier molecular flexibility index (Phi) is 8.42. The van der Waals surface area contributed by atoms with E-state index in [2.05, 4.69) is 47.7 Å². The van der Waals surface area contributed by atoms with Gasteiger partial charge in [-0.1, -0.05) is 20.8 Å². The van der Waals surface area contributed by atoms with Gasteiger partial charge in [0, 0.05) is 19.3 Å². The quantitative estimate of drug-likeness (QED) is 0.712. The molecule has 0 aliphatic heterocycles. The van der Waals surface area contributed by atoms with E-state index in [4.69, 9.17) is 5.73 Å². The van der Waals surface area contributed by atoms with Crippen molar-refractivity contribution in [1.82, 2.24) is 14.8 Å². The van der Waals surface area contributed by atoms with E-state index in [-0.39, 0.29) is 0 Å². The maximum atomic E-state index is 5.64. The average molecular weight is 278 g/mol. The molecule has 1 rings (SSSR count). The van der Waals surface area contributed by atoms with Crippen LogP contribution in [0.1, 0.15) is 38.4 Å². The van der Waals surface area contributed by atoms with Gasteiger partial charge in [0.1, 0.15) is 0 Å². The highest BCUT2D eigenvalue weighted by Crippen LogP contribution is 2.07. The molecule has 0 spiro atoms. The molecule has 20 heavy (non-hydrogen) atoms. The summed E-state index contributed by atoms with van der Waals surface area (Å²) >= 11 is 0. The predicted molar refractivity (Wildman–Crippen MR) is 85.5 cm³/mol. The van der Waals surface area contributed by atoms with Crippen LogP contribution in [-0.2, 0) is 13.1 Å². The number of hydrogen-bond donors (Lipinski definition) is 1. The molecule has 4 heteroatoms. The fourth-order valence-electron chi connectivity index (χ4n) is 2.40. The number of nitrogens with two attached hydrogens (primary N) is 1. The molecule has 0 atom stereocenters. The van der Waals surface area contributed by atoms with Crippen LogP contribution in [0.5, 0.6) is 0 Å². The summed E-state index contributed by atoms with van der Waals surface area (Å²) in [6.07, 6.45) is 3.09. The van der Waals surface area contributed by atoms with E-state index in [1.54, 1.807) is 0 Å². The number of hydrogen-bond acceptors (Lipinski definition) is 4. The van der Waals surface area contributed by atoms with Crippen molar-refractivity contribution in [3.05, 3.63) is 29.6 Å². The highest BCUT2D eigenvalue weighted by molar-refractivity contribution is 5.16. The molecule has 0 saturated heterocycles. The Morgan fingerprint density at radius 2 is 1.70 bits per heavy atom. The molecule has 114 valence electrons. The minimum atomic E-state index is 0.516. The normalized spacial score (nSPS) is 11.5. The Morgan fingerprint density at radius 1 is 1.05 bits per heavy atom. The van der Waals surface area contributed by atoms with Gasteiger partial charge in [-0.3, -0.25) is 9.88 Å². The predicted octanol–water partition coefficient (Wildman–Crippen LogP) is 2.09. The summed E-state index contributed by atoms with van der Waals surface area (Å²) in [5, 5.41) is 0. The summed E-state index contributed by atoms with van der Waals surface area (Å²) in [5.41, 5.74) is 7.93. The third-order valence-corrected chi connectivity index (χ3v) is 3.79. The SMILES string of the molecule is CCN(CC)CCCN(CC)Cc1ccnc(CN)c1. The van der Waals surface area contributed by atoms with Gasteiger partial charge in [0.05, 0.1) is 5.69 Å². The summed E-state index contributed by atoms with van der Waals surface area (Å²) in [4.78, 5) is 9.21. The lowest BCUT2D eigenvalue weighted by Gasteiger charge is -2.23. The van der Waals surface area contributed by atoms with E-state index in [1.165, 1.54) is 18.5 Å². The Labute approximate surface area is 124 Å². The molecule has 0 aromatic carbocycles. The van der Waals surface area contributed by atoms with Crippen molar-refractivity contribution in [1.29, 1.82) is 0 Å². The first-order valence-electron chi connectivity index (χ1n) is 7.82. The van der Waals surface area contributed by atoms with Crippen LogP contribution in [-0.4, -0.2) is 47.5 Å². The monoisotopic (exact) mass is 278 g/mol. The second-order valence-corrected chi connectivity index (χ2v) is 5.11. The molecule has 0 radical (unpaired) electrons. The van der Waals surface area contributed by atoms with Crippen molar-refractivity contribution < 1.29 is 0 Å². The van der Waals surface area contributed by atoms with Crippen LogP contribution in [0.2, 0.25) is 0 Å². The highest BCUT2D eigenvalue weighted by Gasteiger charge is 2.06. The maximum absolute atomic E-state index is 5.64. The molecule has 0 fully saturated rings. The first kappa shape index (κ1) is 17.1. The Bertz CT molecular complexity index is 363. The van der Waals surface area contributed by atoms with Crippen molar-refractivity contribution in [2.75, 3.05) is 32.7 Å². The molecule has 0 aliphatic carbocycles. The smallest absolute Gasteiger partial charge is 0.0542 e. The first-order chi connectivity index (χ1) is 9.73. The lowest BCUT2D eigenvalue weighted by atomic mass is 10.2. The van der Waals surface area contributed by atoms with Crippen LogP contribution in [0, 0.1) is 0 Å². The molecule has 4 nitrogen and oxygen atoms in total. The Morgan fingerprint density at radius 3 is 2.30 bits per heavy atom. The minimum absolute atomic E-state index is 0.516.